The molecule has 2 fully saturated rings. The van der Waals surface area contributed by atoms with Crippen LogP contribution in [0, 0.1) is 0 Å². The van der Waals surface area contributed by atoms with Gasteiger partial charge in [0.1, 0.15) is 0 Å². The number of nitrogens with zero attached hydrogens (tertiary/aromatic N) is 1. The van der Waals surface area contributed by atoms with Crippen molar-refractivity contribution in [1.29, 1.82) is 0 Å². The lowest BCUT2D eigenvalue weighted by molar-refractivity contribution is 0.00652. The second-order valence-electron chi connectivity index (χ2n) is 6.28. The quantitative estimate of drug-likeness (QED) is 0.776. The highest BCUT2D eigenvalue weighted by Crippen LogP contribution is 2.34. The van der Waals surface area contributed by atoms with Crippen LogP contribution in [0.25, 0.3) is 0 Å². The first-order valence-electron chi connectivity index (χ1n) is 7.07. The standard InChI is InChI=1S/C14H28N2/c1-14(2)11-12(15-3)9-10-16(14)13-7-5-4-6-8-13/h12-13,15H,4-11H2,1-3H3. The van der Waals surface area contributed by atoms with Crippen molar-refractivity contribution < 1.29 is 0 Å². The van der Waals surface area contributed by atoms with Gasteiger partial charge in [-0.15, -0.1) is 0 Å². The summed E-state index contributed by atoms with van der Waals surface area (Å²) >= 11 is 0. The topological polar surface area (TPSA) is 15.3 Å². The van der Waals surface area contributed by atoms with Gasteiger partial charge in [0.25, 0.3) is 0 Å². The zero-order valence-electron chi connectivity index (χ0n) is 11.3. The summed E-state index contributed by atoms with van der Waals surface area (Å²) in [5, 5.41) is 3.46. The third kappa shape index (κ3) is 2.60. The lowest BCUT2D eigenvalue weighted by Crippen LogP contribution is -2.58. The van der Waals surface area contributed by atoms with Crippen LogP contribution in [-0.4, -0.2) is 36.1 Å². The van der Waals surface area contributed by atoms with Gasteiger partial charge in [-0.05, 0) is 46.6 Å². The molecule has 0 radical (unpaired) electrons. The third-order valence-electron chi connectivity index (χ3n) is 4.67. The molecule has 1 aliphatic carbocycles. The number of nitrogens with one attached hydrogen (secondary N) is 1. The van der Waals surface area contributed by atoms with Crippen LogP contribution in [0.2, 0.25) is 0 Å². The molecular weight excluding hydrogens is 196 g/mol. The Morgan fingerprint density at radius 2 is 1.75 bits per heavy atom. The number of hydrogen-bond acceptors (Lipinski definition) is 2. The summed E-state index contributed by atoms with van der Waals surface area (Å²) in [7, 11) is 2.11. The molecule has 1 aliphatic heterocycles. The Morgan fingerprint density at radius 3 is 2.31 bits per heavy atom. The van der Waals surface area contributed by atoms with Gasteiger partial charge in [-0.3, -0.25) is 4.90 Å². The Morgan fingerprint density at radius 1 is 1.06 bits per heavy atom. The number of rotatable bonds is 2. The molecule has 1 atom stereocenters. The monoisotopic (exact) mass is 224 g/mol. The van der Waals surface area contributed by atoms with Gasteiger partial charge in [-0.2, -0.15) is 0 Å². The van der Waals surface area contributed by atoms with Gasteiger partial charge in [-0.1, -0.05) is 19.3 Å². The zero-order valence-corrected chi connectivity index (χ0v) is 11.3. The van der Waals surface area contributed by atoms with Crippen LogP contribution in [0.3, 0.4) is 0 Å². The lowest BCUT2D eigenvalue weighted by atomic mass is 9.82. The van der Waals surface area contributed by atoms with Crippen molar-refractivity contribution in [2.24, 2.45) is 0 Å². The Hall–Kier alpha value is -0.0800. The molecule has 1 heterocycles. The summed E-state index contributed by atoms with van der Waals surface area (Å²) in [6.07, 6.45) is 9.88. The van der Waals surface area contributed by atoms with E-state index in [9.17, 15) is 0 Å². The molecule has 0 aromatic heterocycles. The molecule has 1 unspecified atom stereocenters. The van der Waals surface area contributed by atoms with Crippen molar-refractivity contribution in [2.75, 3.05) is 13.6 Å². The van der Waals surface area contributed by atoms with E-state index in [2.05, 4.69) is 31.1 Å². The number of piperidine rings is 1. The molecule has 2 rings (SSSR count). The maximum absolute atomic E-state index is 3.46. The van der Waals surface area contributed by atoms with Gasteiger partial charge in [0.2, 0.25) is 0 Å². The maximum atomic E-state index is 3.46. The summed E-state index contributed by atoms with van der Waals surface area (Å²) in [6, 6.07) is 1.61. The first-order chi connectivity index (χ1) is 7.63. The molecule has 2 aliphatic rings. The zero-order chi connectivity index (χ0) is 11.6. The Bertz CT molecular complexity index is 219. The number of hydrogen-bond donors (Lipinski definition) is 1. The van der Waals surface area contributed by atoms with Crippen molar-refractivity contribution in [3.8, 4) is 0 Å². The van der Waals surface area contributed by atoms with Crippen LogP contribution >= 0.6 is 0 Å². The van der Waals surface area contributed by atoms with E-state index in [0.717, 1.165) is 12.1 Å². The highest BCUT2D eigenvalue weighted by Gasteiger charge is 2.38. The summed E-state index contributed by atoms with van der Waals surface area (Å²) in [5.41, 5.74) is 0.397. The third-order valence-corrected chi connectivity index (χ3v) is 4.67. The van der Waals surface area contributed by atoms with Crippen LogP contribution < -0.4 is 5.32 Å². The SMILES string of the molecule is CNC1CCN(C2CCCCC2)C(C)(C)C1. The molecule has 2 nitrogen and oxygen atoms in total. The fourth-order valence-electron chi connectivity index (χ4n) is 3.74. The van der Waals surface area contributed by atoms with Crippen molar-refractivity contribution in [1.82, 2.24) is 10.2 Å². The second kappa shape index (κ2) is 5.05. The minimum atomic E-state index is 0.397. The minimum Gasteiger partial charge on any atom is -0.317 e. The Labute approximate surface area is 101 Å². The van der Waals surface area contributed by atoms with E-state index in [4.69, 9.17) is 0 Å². The summed E-state index contributed by atoms with van der Waals surface area (Å²) in [4.78, 5) is 2.81. The molecule has 0 bridgehead atoms. The highest BCUT2D eigenvalue weighted by atomic mass is 15.2. The molecule has 1 saturated heterocycles. The second-order valence-corrected chi connectivity index (χ2v) is 6.28. The van der Waals surface area contributed by atoms with Gasteiger partial charge in [-0.25, -0.2) is 0 Å². The fourth-order valence-corrected chi connectivity index (χ4v) is 3.74. The van der Waals surface area contributed by atoms with Crippen LogP contribution in [0.15, 0.2) is 0 Å². The van der Waals surface area contributed by atoms with Gasteiger partial charge >= 0.3 is 0 Å². The van der Waals surface area contributed by atoms with Crippen LogP contribution in [0.4, 0.5) is 0 Å². The van der Waals surface area contributed by atoms with Gasteiger partial charge in [0.05, 0.1) is 0 Å². The first-order valence-corrected chi connectivity index (χ1v) is 7.07. The van der Waals surface area contributed by atoms with Gasteiger partial charge in [0, 0.05) is 24.2 Å². The van der Waals surface area contributed by atoms with Crippen molar-refractivity contribution in [3.05, 3.63) is 0 Å². The lowest BCUT2D eigenvalue weighted by Gasteiger charge is -2.50. The van der Waals surface area contributed by atoms with E-state index < -0.39 is 0 Å². The first kappa shape index (κ1) is 12.4. The van der Waals surface area contributed by atoms with Gasteiger partial charge in [0.15, 0.2) is 0 Å². The van der Waals surface area contributed by atoms with E-state index in [1.807, 2.05) is 0 Å². The van der Waals surface area contributed by atoms with E-state index in [0.29, 0.717) is 5.54 Å². The van der Waals surface area contributed by atoms with E-state index in [1.165, 1.54) is 51.5 Å². The smallest absolute Gasteiger partial charge is 0.0171 e. The van der Waals surface area contributed by atoms with Crippen molar-refractivity contribution in [2.45, 2.75) is 76.4 Å². The molecule has 1 N–H and O–H groups in total. The normalized spacial score (nSPS) is 32.8. The maximum Gasteiger partial charge on any atom is 0.0171 e. The van der Waals surface area contributed by atoms with Crippen molar-refractivity contribution >= 4 is 0 Å². The summed E-state index contributed by atoms with van der Waals surface area (Å²) < 4.78 is 0. The molecule has 1 saturated carbocycles. The van der Waals surface area contributed by atoms with Crippen molar-refractivity contribution in [3.63, 3.8) is 0 Å². The van der Waals surface area contributed by atoms with Crippen LogP contribution in [0.1, 0.15) is 58.8 Å². The summed E-state index contributed by atoms with van der Waals surface area (Å²) in [6.45, 7) is 6.17. The average Bonchev–Trinajstić information content (AvgIpc) is 2.28. The molecule has 0 spiro atoms. The average molecular weight is 224 g/mol. The summed E-state index contributed by atoms with van der Waals surface area (Å²) in [5.74, 6) is 0. The molecule has 0 aromatic carbocycles. The van der Waals surface area contributed by atoms with Crippen LogP contribution in [-0.2, 0) is 0 Å². The molecule has 94 valence electrons. The van der Waals surface area contributed by atoms with E-state index in [1.54, 1.807) is 0 Å². The number of likely N-dealkylation sites (tertiary alicyclic amines) is 1. The molecule has 0 aromatic rings. The molecule has 16 heavy (non-hydrogen) atoms. The molecular formula is C14H28N2. The van der Waals surface area contributed by atoms with E-state index in [-0.39, 0.29) is 0 Å². The molecule has 2 heteroatoms. The Balaban J connectivity index is 1.98. The van der Waals surface area contributed by atoms with E-state index >= 15 is 0 Å². The largest absolute Gasteiger partial charge is 0.317 e. The molecule has 0 amide bonds. The minimum absolute atomic E-state index is 0.397. The predicted molar refractivity (Wildman–Crippen MR) is 69.7 cm³/mol. The highest BCUT2D eigenvalue weighted by molar-refractivity contribution is 4.95. The predicted octanol–water partition coefficient (Wildman–Crippen LogP) is 2.78. The fraction of sp³-hybridized carbons (Fsp3) is 1.00. The van der Waals surface area contributed by atoms with Gasteiger partial charge < -0.3 is 5.32 Å². The van der Waals surface area contributed by atoms with Crippen LogP contribution in [0.5, 0.6) is 0 Å². The Kier molecular flexibility index (Phi) is 3.91.